The second-order valence-corrected chi connectivity index (χ2v) is 5.44. The van der Waals surface area contributed by atoms with E-state index in [1.54, 1.807) is 30.9 Å². The maximum absolute atomic E-state index is 12.5. The van der Waals surface area contributed by atoms with Gasteiger partial charge in [-0.25, -0.2) is 4.79 Å². The zero-order valence-corrected chi connectivity index (χ0v) is 12.9. The summed E-state index contributed by atoms with van der Waals surface area (Å²) in [5, 5.41) is 1.92. The van der Waals surface area contributed by atoms with Crippen LogP contribution in [0.15, 0.2) is 47.0 Å². The summed E-state index contributed by atoms with van der Waals surface area (Å²) in [7, 11) is 0. The van der Waals surface area contributed by atoms with Gasteiger partial charge in [0.2, 0.25) is 0 Å². The van der Waals surface area contributed by atoms with Crippen LogP contribution in [0, 0.1) is 0 Å². The van der Waals surface area contributed by atoms with Crippen molar-refractivity contribution in [3.8, 4) is 0 Å². The summed E-state index contributed by atoms with van der Waals surface area (Å²) >= 11 is 1.51. The number of hydrogen-bond acceptors (Lipinski definition) is 4. The number of amides is 1. The van der Waals surface area contributed by atoms with Crippen molar-refractivity contribution in [2.24, 2.45) is 0 Å². The SMILES string of the molecule is C=CCN1C(=O)/C(=C\c2cccs2)C(C(=O)OCC)=C1C. The molecule has 1 aliphatic rings. The van der Waals surface area contributed by atoms with Gasteiger partial charge in [0.05, 0.1) is 17.8 Å². The molecule has 5 heteroatoms. The molecule has 0 saturated heterocycles. The molecule has 1 aliphatic heterocycles. The third-order valence-corrected chi connectivity index (χ3v) is 3.95. The summed E-state index contributed by atoms with van der Waals surface area (Å²) in [6, 6.07) is 3.80. The van der Waals surface area contributed by atoms with Crippen LogP contribution in [0.5, 0.6) is 0 Å². The van der Waals surface area contributed by atoms with Gasteiger partial charge in [0, 0.05) is 17.1 Å². The van der Waals surface area contributed by atoms with E-state index in [-0.39, 0.29) is 12.5 Å². The van der Waals surface area contributed by atoms with Crippen LogP contribution in [0.25, 0.3) is 6.08 Å². The fourth-order valence-corrected chi connectivity index (χ4v) is 2.85. The number of carbonyl (C=O) groups is 2. The fourth-order valence-electron chi connectivity index (χ4n) is 2.19. The molecule has 1 aromatic rings. The van der Waals surface area contributed by atoms with E-state index >= 15 is 0 Å². The number of carbonyl (C=O) groups excluding carboxylic acids is 2. The van der Waals surface area contributed by atoms with Gasteiger partial charge in [-0.2, -0.15) is 0 Å². The molecule has 0 atom stereocenters. The third-order valence-electron chi connectivity index (χ3n) is 3.13. The molecule has 0 saturated carbocycles. The van der Waals surface area contributed by atoms with Crippen molar-refractivity contribution in [1.29, 1.82) is 0 Å². The normalized spacial score (nSPS) is 16.8. The van der Waals surface area contributed by atoms with Gasteiger partial charge < -0.3 is 9.64 Å². The molecule has 1 aromatic heterocycles. The molecule has 0 bridgehead atoms. The molecule has 0 spiro atoms. The Morgan fingerprint density at radius 2 is 2.29 bits per heavy atom. The summed E-state index contributed by atoms with van der Waals surface area (Å²) in [4.78, 5) is 27.1. The zero-order chi connectivity index (χ0) is 15.4. The molecule has 0 N–H and O–H groups in total. The van der Waals surface area contributed by atoms with Crippen molar-refractivity contribution >= 4 is 29.3 Å². The van der Waals surface area contributed by atoms with Crippen molar-refractivity contribution < 1.29 is 14.3 Å². The van der Waals surface area contributed by atoms with Gasteiger partial charge in [-0.1, -0.05) is 12.1 Å². The molecule has 0 radical (unpaired) electrons. The Kier molecular flexibility index (Phi) is 4.75. The highest BCUT2D eigenvalue weighted by molar-refractivity contribution is 7.10. The molecule has 0 aromatic carbocycles. The Morgan fingerprint density at radius 1 is 1.52 bits per heavy atom. The Balaban J connectivity index is 2.48. The van der Waals surface area contributed by atoms with E-state index in [9.17, 15) is 9.59 Å². The number of allylic oxidation sites excluding steroid dienone is 1. The van der Waals surface area contributed by atoms with Crippen LogP contribution in [0.4, 0.5) is 0 Å². The van der Waals surface area contributed by atoms with Gasteiger partial charge in [0.1, 0.15) is 0 Å². The molecule has 110 valence electrons. The monoisotopic (exact) mass is 303 g/mol. The second kappa shape index (κ2) is 6.54. The Bertz CT molecular complexity index is 626. The summed E-state index contributed by atoms with van der Waals surface area (Å²) in [6.45, 7) is 7.79. The first-order valence-corrected chi connectivity index (χ1v) is 7.54. The van der Waals surface area contributed by atoms with Crippen LogP contribution in [-0.4, -0.2) is 29.9 Å². The van der Waals surface area contributed by atoms with Gasteiger partial charge in [0.15, 0.2) is 0 Å². The third kappa shape index (κ3) is 2.97. The first kappa shape index (κ1) is 15.3. The molecule has 0 unspecified atom stereocenters. The summed E-state index contributed by atoms with van der Waals surface area (Å²) in [5.74, 6) is -0.651. The summed E-state index contributed by atoms with van der Waals surface area (Å²) < 4.78 is 5.08. The molecule has 0 aliphatic carbocycles. The minimum atomic E-state index is -0.460. The van der Waals surface area contributed by atoms with E-state index in [4.69, 9.17) is 4.74 Å². The Labute approximate surface area is 128 Å². The predicted molar refractivity (Wildman–Crippen MR) is 83.5 cm³/mol. The van der Waals surface area contributed by atoms with Crippen LogP contribution in [-0.2, 0) is 14.3 Å². The Morgan fingerprint density at radius 3 is 2.86 bits per heavy atom. The summed E-state index contributed by atoms with van der Waals surface area (Å²) in [6.07, 6.45) is 3.38. The lowest BCUT2D eigenvalue weighted by Crippen LogP contribution is -2.24. The molecule has 2 heterocycles. The maximum Gasteiger partial charge on any atom is 0.340 e. The van der Waals surface area contributed by atoms with Crippen LogP contribution < -0.4 is 0 Å². The van der Waals surface area contributed by atoms with Crippen LogP contribution in [0.1, 0.15) is 18.7 Å². The van der Waals surface area contributed by atoms with Crippen molar-refractivity contribution in [1.82, 2.24) is 4.90 Å². The lowest BCUT2D eigenvalue weighted by Gasteiger charge is -2.14. The van der Waals surface area contributed by atoms with E-state index < -0.39 is 5.97 Å². The van der Waals surface area contributed by atoms with Crippen LogP contribution in [0.3, 0.4) is 0 Å². The van der Waals surface area contributed by atoms with Crippen LogP contribution >= 0.6 is 11.3 Å². The van der Waals surface area contributed by atoms with E-state index in [1.165, 1.54) is 11.3 Å². The van der Waals surface area contributed by atoms with Gasteiger partial charge >= 0.3 is 5.97 Å². The predicted octanol–water partition coefficient (Wildman–Crippen LogP) is 3.00. The fraction of sp³-hybridized carbons (Fsp3) is 0.250. The molecule has 0 fully saturated rings. The van der Waals surface area contributed by atoms with Crippen LogP contribution in [0.2, 0.25) is 0 Å². The van der Waals surface area contributed by atoms with Crippen molar-refractivity contribution in [2.75, 3.05) is 13.2 Å². The van der Waals surface area contributed by atoms with Gasteiger partial charge in [-0.15, -0.1) is 17.9 Å². The molecule has 1 amide bonds. The standard InChI is InChI=1S/C16H17NO3S/c1-4-8-17-11(3)14(16(19)20-5-2)13(15(17)18)10-12-7-6-9-21-12/h4,6-7,9-10H,1,5,8H2,2-3H3/b13-10-. The van der Waals surface area contributed by atoms with Crippen molar-refractivity contribution in [3.05, 3.63) is 51.9 Å². The van der Waals surface area contributed by atoms with E-state index in [1.807, 2.05) is 17.5 Å². The number of rotatable bonds is 5. The van der Waals surface area contributed by atoms with E-state index in [0.717, 1.165) is 4.88 Å². The lowest BCUT2D eigenvalue weighted by molar-refractivity contribution is -0.138. The molecule has 2 rings (SSSR count). The highest BCUT2D eigenvalue weighted by Crippen LogP contribution is 2.32. The van der Waals surface area contributed by atoms with Crippen molar-refractivity contribution in [2.45, 2.75) is 13.8 Å². The number of thiophene rings is 1. The quantitative estimate of drug-likeness (QED) is 0.477. The minimum absolute atomic E-state index is 0.191. The topological polar surface area (TPSA) is 46.6 Å². The number of hydrogen-bond donors (Lipinski definition) is 0. The van der Waals surface area contributed by atoms with E-state index in [0.29, 0.717) is 23.4 Å². The number of esters is 1. The highest BCUT2D eigenvalue weighted by Gasteiger charge is 2.36. The highest BCUT2D eigenvalue weighted by atomic mass is 32.1. The van der Waals surface area contributed by atoms with Gasteiger partial charge in [-0.3, -0.25) is 4.79 Å². The number of ether oxygens (including phenoxy) is 1. The smallest absolute Gasteiger partial charge is 0.340 e. The molecule has 4 nitrogen and oxygen atoms in total. The molecule has 21 heavy (non-hydrogen) atoms. The zero-order valence-electron chi connectivity index (χ0n) is 12.1. The van der Waals surface area contributed by atoms with Gasteiger partial charge in [0.25, 0.3) is 5.91 Å². The maximum atomic E-state index is 12.5. The second-order valence-electron chi connectivity index (χ2n) is 4.46. The Hall–Kier alpha value is -2.14. The van der Waals surface area contributed by atoms with Gasteiger partial charge in [-0.05, 0) is 31.4 Å². The molecular weight excluding hydrogens is 286 g/mol. The van der Waals surface area contributed by atoms with Crippen molar-refractivity contribution in [3.63, 3.8) is 0 Å². The largest absolute Gasteiger partial charge is 0.462 e. The number of nitrogens with zero attached hydrogens (tertiary/aromatic N) is 1. The first-order valence-electron chi connectivity index (χ1n) is 6.66. The first-order chi connectivity index (χ1) is 10.1. The average Bonchev–Trinajstić information content (AvgIpc) is 3.03. The summed E-state index contributed by atoms with van der Waals surface area (Å²) in [5.41, 5.74) is 1.34. The minimum Gasteiger partial charge on any atom is -0.462 e. The molecular formula is C16H17NO3S. The lowest BCUT2D eigenvalue weighted by atomic mass is 10.1. The average molecular weight is 303 g/mol. The van der Waals surface area contributed by atoms with E-state index in [2.05, 4.69) is 6.58 Å².